The van der Waals surface area contributed by atoms with Gasteiger partial charge in [-0.1, -0.05) is 12.1 Å². The number of hydrogen-bond donors (Lipinski definition) is 2. The first-order chi connectivity index (χ1) is 8.63. The highest BCUT2D eigenvalue weighted by Crippen LogP contribution is 2.25. The molecule has 0 amide bonds. The number of esters is 1. The second-order valence-electron chi connectivity index (χ2n) is 3.99. The van der Waals surface area contributed by atoms with Crippen molar-refractivity contribution in [3.8, 4) is 0 Å². The van der Waals surface area contributed by atoms with E-state index in [0.717, 1.165) is 10.8 Å². The molecule has 0 bridgehead atoms. The lowest BCUT2D eigenvalue weighted by atomic mass is 10.1. The van der Waals surface area contributed by atoms with Gasteiger partial charge in [0.1, 0.15) is 11.9 Å². The Hall–Kier alpha value is -2.30. The van der Waals surface area contributed by atoms with Gasteiger partial charge in [-0.15, -0.1) is 0 Å². The maximum Gasteiger partial charge on any atom is 0.328 e. The van der Waals surface area contributed by atoms with Crippen molar-refractivity contribution in [2.75, 3.05) is 18.2 Å². The summed E-state index contributed by atoms with van der Waals surface area (Å²) in [5, 5.41) is 4.81. The van der Waals surface area contributed by atoms with E-state index in [1.54, 1.807) is 13.1 Å². The number of nitrogens with one attached hydrogen (secondary N) is 1. The lowest BCUT2D eigenvalue weighted by molar-refractivity contribution is -0.141. The minimum absolute atomic E-state index is 0.335. The van der Waals surface area contributed by atoms with E-state index in [1.165, 1.54) is 7.11 Å². The molecule has 1 aromatic heterocycles. The van der Waals surface area contributed by atoms with E-state index in [2.05, 4.69) is 15.0 Å². The van der Waals surface area contributed by atoms with Gasteiger partial charge in [0.25, 0.3) is 0 Å². The number of nitrogens with zero attached hydrogens (tertiary/aromatic N) is 1. The second-order valence-corrected chi connectivity index (χ2v) is 3.99. The van der Waals surface area contributed by atoms with Gasteiger partial charge in [0, 0.05) is 22.7 Å². The molecule has 0 saturated carbocycles. The number of aromatic nitrogens is 1. The van der Waals surface area contributed by atoms with Gasteiger partial charge in [0.05, 0.1) is 7.11 Å². The Morgan fingerprint density at radius 1 is 1.39 bits per heavy atom. The quantitative estimate of drug-likeness (QED) is 0.636. The number of methoxy groups -OCH3 is 1. The van der Waals surface area contributed by atoms with E-state index in [-0.39, 0.29) is 5.97 Å². The van der Waals surface area contributed by atoms with E-state index in [4.69, 9.17) is 5.73 Å². The lowest BCUT2D eigenvalue weighted by Gasteiger charge is -2.14. The molecule has 1 heterocycles. The Morgan fingerprint density at radius 2 is 2.17 bits per heavy atom. The molecule has 5 heteroatoms. The number of nitrogens with two attached hydrogens (primary N) is 1. The van der Waals surface area contributed by atoms with Gasteiger partial charge >= 0.3 is 5.97 Å². The number of pyridine rings is 1. The van der Waals surface area contributed by atoms with Gasteiger partial charge in [-0.2, -0.15) is 0 Å². The normalized spacial score (nSPS) is 12.1. The molecule has 1 atom stereocenters. The number of benzene rings is 1. The molecule has 2 aromatic rings. The van der Waals surface area contributed by atoms with Crippen molar-refractivity contribution in [2.24, 2.45) is 0 Å². The summed E-state index contributed by atoms with van der Waals surface area (Å²) in [5.41, 5.74) is 6.58. The molecular formula is C13H15N3O2. The van der Waals surface area contributed by atoms with Crippen LogP contribution < -0.4 is 11.1 Å². The van der Waals surface area contributed by atoms with Crippen LogP contribution in [-0.4, -0.2) is 24.1 Å². The maximum absolute atomic E-state index is 11.4. The Kier molecular flexibility index (Phi) is 3.32. The van der Waals surface area contributed by atoms with Gasteiger partial charge < -0.3 is 15.8 Å². The number of carbonyl (C=O) groups is 1. The predicted octanol–water partition coefficient (Wildman–Crippen LogP) is 1.79. The summed E-state index contributed by atoms with van der Waals surface area (Å²) in [4.78, 5) is 15.6. The fourth-order valence-corrected chi connectivity index (χ4v) is 1.79. The summed E-state index contributed by atoms with van der Waals surface area (Å²) in [5.74, 6) is 0.287. The van der Waals surface area contributed by atoms with Gasteiger partial charge in [0.15, 0.2) is 0 Å². The molecule has 5 nitrogen and oxygen atoms in total. The summed E-state index contributed by atoms with van der Waals surface area (Å²) in [6.07, 6.45) is 1.66. The van der Waals surface area contributed by atoms with Crippen molar-refractivity contribution in [2.45, 2.75) is 13.0 Å². The number of fused-ring (bicyclic) bond motifs is 1. The highest BCUT2D eigenvalue weighted by molar-refractivity contribution is 5.99. The lowest BCUT2D eigenvalue weighted by Crippen LogP contribution is -2.27. The molecule has 3 N–H and O–H groups in total. The number of rotatable bonds is 3. The number of nitrogen functional groups attached to an aromatic ring is 1. The first-order valence-corrected chi connectivity index (χ1v) is 5.61. The molecule has 0 radical (unpaired) electrons. The Labute approximate surface area is 105 Å². The van der Waals surface area contributed by atoms with Crippen molar-refractivity contribution in [3.05, 3.63) is 30.5 Å². The van der Waals surface area contributed by atoms with Gasteiger partial charge in [-0.25, -0.2) is 9.78 Å². The zero-order chi connectivity index (χ0) is 13.1. The van der Waals surface area contributed by atoms with Crippen LogP contribution in [0.15, 0.2) is 30.5 Å². The Bertz CT molecular complexity index is 583. The maximum atomic E-state index is 11.4. The predicted molar refractivity (Wildman–Crippen MR) is 71.3 cm³/mol. The third-order valence-electron chi connectivity index (χ3n) is 2.75. The van der Waals surface area contributed by atoms with Crippen molar-refractivity contribution in [3.63, 3.8) is 0 Å². The molecule has 0 aliphatic carbocycles. The molecule has 1 unspecified atom stereocenters. The van der Waals surface area contributed by atoms with Crippen LogP contribution in [-0.2, 0) is 9.53 Å². The summed E-state index contributed by atoms with van der Waals surface area (Å²) >= 11 is 0. The third kappa shape index (κ3) is 2.20. The highest BCUT2D eigenvalue weighted by Gasteiger charge is 2.14. The number of anilines is 2. The summed E-state index contributed by atoms with van der Waals surface area (Å²) < 4.78 is 4.67. The van der Waals surface area contributed by atoms with Crippen molar-refractivity contribution in [1.29, 1.82) is 0 Å². The molecule has 0 aliphatic heterocycles. The third-order valence-corrected chi connectivity index (χ3v) is 2.75. The standard InChI is InChI=1S/C13H15N3O2/c1-8(13(17)18-2)16-12-10-4-3-5-11(14)9(10)6-7-15-12/h3-8H,14H2,1-2H3,(H,15,16). The first-order valence-electron chi connectivity index (χ1n) is 5.61. The summed E-state index contributed by atoms with van der Waals surface area (Å²) in [6.45, 7) is 1.72. The molecule has 1 aromatic carbocycles. The zero-order valence-corrected chi connectivity index (χ0v) is 10.3. The van der Waals surface area contributed by atoms with Gasteiger partial charge in [-0.05, 0) is 19.1 Å². The van der Waals surface area contributed by atoms with Crippen molar-refractivity contribution >= 4 is 28.2 Å². The van der Waals surface area contributed by atoms with Crippen LogP contribution in [0.3, 0.4) is 0 Å². The van der Waals surface area contributed by atoms with Gasteiger partial charge in [-0.3, -0.25) is 0 Å². The minimum atomic E-state index is -0.463. The van der Waals surface area contributed by atoms with Crippen LogP contribution in [0.2, 0.25) is 0 Å². The van der Waals surface area contributed by atoms with Crippen LogP contribution in [0.5, 0.6) is 0 Å². The molecule has 0 spiro atoms. The Morgan fingerprint density at radius 3 is 2.89 bits per heavy atom. The largest absolute Gasteiger partial charge is 0.467 e. The molecule has 0 fully saturated rings. The zero-order valence-electron chi connectivity index (χ0n) is 10.3. The number of hydrogen-bond acceptors (Lipinski definition) is 5. The number of carbonyl (C=O) groups excluding carboxylic acids is 1. The molecule has 18 heavy (non-hydrogen) atoms. The fourth-order valence-electron chi connectivity index (χ4n) is 1.79. The second kappa shape index (κ2) is 4.91. The fraction of sp³-hybridized carbons (Fsp3) is 0.231. The summed E-state index contributed by atoms with van der Waals surface area (Å²) in [6, 6.07) is 6.97. The average molecular weight is 245 g/mol. The first kappa shape index (κ1) is 12.2. The van der Waals surface area contributed by atoms with Crippen LogP contribution in [0.4, 0.5) is 11.5 Å². The SMILES string of the molecule is COC(=O)C(C)Nc1nccc2c(N)cccc12. The smallest absolute Gasteiger partial charge is 0.328 e. The van der Waals surface area contributed by atoms with E-state index >= 15 is 0 Å². The molecule has 94 valence electrons. The molecule has 0 aliphatic rings. The number of ether oxygens (including phenoxy) is 1. The van der Waals surface area contributed by atoms with Crippen molar-refractivity contribution in [1.82, 2.24) is 4.98 Å². The average Bonchev–Trinajstić information content (AvgIpc) is 2.39. The monoisotopic (exact) mass is 245 g/mol. The minimum Gasteiger partial charge on any atom is -0.467 e. The van der Waals surface area contributed by atoms with E-state index in [1.807, 2.05) is 24.3 Å². The summed E-state index contributed by atoms with van der Waals surface area (Å²) in [7, 11) is 1.36. The molecular weight excluding hydrogens is 230 g/mol. The van der Waals surface area contributed by atoms with Crippen LogP contribution >= 0.6 is 0 Å². The van der Waals surface area contributed by atoms with Crippen molar-refractivity contribution < 1.29 is 9.53 Å². The highest BCUT2D eigenvalue weighted by atomic mass is 16.5. The van der Waals surface area contributed by atoms with Crippen LogP contribution in [0, 0.1) is 0 Å². The van der Waals surface area contributed by atoms with E-state index in [9.17, 15) is 4.79 Å². The topological polar surface area (TPSA) is 77.2 Å². The van der Waals surface area contributed by atoms with Crippen LogP contribution in [0.1, 0.15) is 6.92 Å². The Balaban J connectivity index is 2.40. The van der Waals surface area contributed by atoms with Crippen LogP contribution in [0.25, 0.3) is 10.8 Å². The van der Waals surface area contributed by atoms with Gasteiger partial charge in [0.2, 0.25) is 0 Å². The van der Waals surface area contributed by atoms with E-state index < -0.39 is 6.04 Å². The van der Waals surface area contributed by atoms with E-state index in [0.29, 0.717) is 11.5 Å². The molecule has 0 saturated heterocycles. The molecule has 2 rings (SSSR count).